The number of aliphatic carboxylic acids is 1. The van der Waals surface area contributed by atoms with Crippen molar-refractivity contribution in [2.45, 2.75) is 44.4 Å². The van der Waals surface area contributed by atoms with Crippen molar-refractivity contribution in [3.8, 4) is 0 Å². The van der Waals surface area contributed by atoms with Crippen molar-refractivity contribution in [3.05, 3.63) is 0 Å². The Morgan fingerprint density at radius 3 is 2.69 bits per heavy atom. The summed E-state index contributed by atoms with van der Waals surface area (Å²) >= 11 is 1.69. The van der Waals surface area contributed by atoms with Gasteiger partial charge in [0.15, 0.2) is 0 Å². The number of nitrogens with zero attached hydrogens (tertiary/aromatic N) is 1. The molecule has 1 heterocycles. The summed E-state index contributed by atoms with van der Waals surface area (Å²) in [5.41, 5.74) is 0. The highest BCUT2D eigenvalue weighted by Crippen LogP contribution is 2.28. The lowest BCUT2D eigenvalue weighted by atomic mass is 10.1. The molecule has 1 amide bonds. The minimum atomic E-state index is -0.849. The molecule has 0 radical (unpaired) electrons. The number of amides is 1. The highest BCUT2D eigenvalue weighted by atomic mass is 32.2. The number of hydrogen-bond donors (Lipinski definition) is 1. The van der Waals surface area contributed by atoms with Crippen molar-refractivity contribution in [1.29, 1.82) is 0 Å². The van der Waals surface area contributed by atoms with Gasteiger partial charge in [-0.1, -0.05) is 0 Å². The molecular formula is C11H19NO3S. The molecule has 0 bridgehead atoms. The molecule has 4 nitrogen and oxygen atoms in total. The Morgan fingerprint density at radius 2 is 2.25 bits per heavy atom. The molecule has 0 aromatic carbocycles. The van der Waals surface area contributed by atoms with Crippen molar-refractivity contribution in [2.75, 3.05) is 12.3 Å². The van der Waals surface area contributed by atoms with Crippen LogP contribution >= 0.6 is 11.8 Å². The Bertz CT molecular complexity index is 264. The van der Waals surface area contributed by atoms with Gasteiger partial charge in [-0.25, -0.2) is 0 Å². The molecule has 0 aromatic rings. The zero-order valence-corrected chi connectivity index (χ0v) is 10.6. The molecule has 0 spiro atoms. The molecule has 2 atom stereocenters. The van der Waals surface area contributed by atoms with Crippen LogP contribution in [-0.2, 0) is 9.59 Å². The van der Waals surface area contributed by atoms with Crippen molar-refractivity contribution < 1.29 is 14.7 Å². The molecule has 0 aromatic heterocycles. The lowest BCUT2D eigenvalue weighted by molar-refractivity contribution is -0.140. The number of carbonyl (C=O) groups excluding carboxylic acids is 1. The molecule has 1 aliphatic heterocycles. The Labute approximate surface area is 100 Å². The molecule has 0 aliphatic carbocycles. The van der Waals surface area contributed by atoms with Gasteiger partial charge in [-0.2, -0.15) is 0 Å². The molecule has 1 saturated heterocycles. The van der Waals surface area contributed by atoms with Crippen LogP contribution in [0.5, 0.6) is 0 Å². The van der Waals surface area contributed by atoms with Crippen LogP contribution in [0.25, 0.3) is 0 Å². The normalized spacial score (nSPS) is 21.8. The van der Waals surface area contributed by atoms with E-state index in [-0.39, 0.29) is 23.6 Å². The largest absolute Gasteiger partial charge is 0.481 e. The van der Waals surface area contributed by atoms with Crippen LogP contribution < -0.4 is 0 Å². The summed E-state index contributed by atoms with van der Waals surface area (Å²) in [7, 11) is 0. The Kier molecular flexibility index (Phi) is 5.12. The van der Waals surface area contributed by atoms with E-state index in [0.29, 0.717) is 6.54 Å². The predicted molar refractivity (Wildman–Crippen MR) is 64.6 cm³/mol. The second-order valence-electron chi connectivity index (χ2n) is 4.07. The van der Waals surface area contributed by atoms with Crippen molar-refractivity contribution >= 4 is 23.6 Å². The lowest BCUT2D eigenvalue weighted by Gasteiger charge is -2.29. The smallest absolute Gasteiger partial charge is 0.305 e. The molecule has 16 heavy (non-hydrogen) atoms. The Morgan fingerprint density at radius 1 is 1.56 bits per heavy atom. The molecule has 1 fully saturated rings. The summed E-state index contributed by atoms with van der Waals surface area (Å²) in [5, 5.41) is 8.78. The number of rotatable bonds is 5. The third-order valence-corrected chi connectivity index (χ3v) is 4.20. The second kappa shape index (κ2) is 6.13. The fraction of sp³-hybridized carbons (Fsp3) is 0.818. The molecule has 1 N–H and O–H groups in total. The van der Waals surface area contributed by atoms with E-state index in [4.69, 9.17) is 5.11 Å². The van der Waals surface area contributed by atoms with Crippen molar-refractivity contribution in [3.63, 3.8) is 0 Å². The van der Waals surface area contributed by atoms with Crippen molar-refractivity contribution in [2.24, 2.45) is 0 Å². The summed E-state index contributed by atoms with van der Waals surface area (Å²) < 4.78 is 0. The maximum atomic E-state index is 12.1. The summed E-state index contributed by atoms with van der Waals surface area (Å²) in [5.74, 6) is 0.304. The molecule has 1 rings (SSSR count). The van der Waals surface area contributed by atoms with Gasteiger partial charge in [0.05, 0.1) is 11.7 Å². The monoisotopic (exact) mass is 245 g/mol. The van der Waals surface area contributed by atoms with E-state index in [9.17, 15) is 9.59 Å². The first kappa shape index (κ1) is 13.4. The van der Waals surface area contributed by atoms with Gasteiger partial charge in [0.2, 0.25) is 5.91 Å². The summed E-state index contributed by atoms with van der Waals surface area (Å²) in [6.45, 7) is 4.29. The average Bonchev–Trinajstić information content (AvgIpc) is 2.69. The average molecular weight is 245 g/mol. The van der Waals surface area contributed by atoms with Gasteiger partial charge in [-0.05, 0) is 32.4 Å². The van der Waals surface area contributed by atoms with E-state index in [1.807, 2.05) is 6.92 Å². The van der Waals surface area contributed by atoms with Crippen LogP contribution in [0, 0.1) is 0 Å². The molecule has 5 heteroatoms. The second-order valence-corrected chi connectivity index (χ2v) is 5.38. The molecule has 2 unspecified atom stereocenters. The van der Waals surface area contributed by atoms with Gasteiger partial charge in [-0.15, -0.1) is 11.8 Å². The summed E-state index contributed by atoms with van der Waals surface area (Å²) in [6.07, 6.45) is 2.04. The Hall–Kier alpha value is -0.710. The fourth-order valence-electron chi connectivity index (χ4n) is 2.00. The van der Waals surface area contributed by atoms with E-state index in [0.717, 1.165) is 18.6 Å². The fourth-order valence-corrected chi connectivity index (χ4v) is 3.23. The van der Waals surface area contributed by atoms with Gasteiger partial charge in [0.25, 0.3) is 0 Å². The zero-order chi connectivity index (χ0) is 12.1. The molecule has 0 saturated carbocycles. The quantitative estimate of drug-likeness (QED) is 0.799. The minimum Gasteiger partial charge on any atom is -0.481 e. The van der Waals surface area contributed by atoms with Crippen LogP contribution in [-0.4, -0.2) is 45.5 Å². The highest BCUT2D eigenvalue weighted by Gasteiger charge is 2.30. The number of carbonyl (C=O) groups is 2. The first-order valence-electron chi connectivity index (χ1n) is 5.70. The van der Waals surface area contributed by atoms with Crippen LogP contribution in [0.15, 0.2) is 0 Å². The number of carboxylic acid groups (broad SMARTS) is 1. The van der Waals surface area contributed by atoms with Gasteiger partial charge in [0, 0.05) is 12.6 Å². The van der Waals surface area contributed by atoms with E-state index >= 15 is 0 Å². The van der Waals surface area contributed by atoms with Gasteiger partial charge in [0.1, 0.15) is 0 Å². The summed E-state index contributed by atoms with van der Waals surface area (Å²) in [4.78, 5) is 24.4. The Balaban J connectivity index is 2.57. The van der Waals surface area contributed by atoms with E-state index in [2.05, 4.69) is 0 Å². The van der Waals surface area contributed by atoms with Gasteiger partial charge < -0.3 is 10.0 Å². The minimum absolute atomic E-state index is 0.0248. The van der Waals surface area contributed by atoms with Crippen LogP contribution in [0.1, 0.15) is 33.1 Å². The molecule has 92 valence electrons. The van der Waals surface area contributed by atoms with Crippen LogP contribution in [0.4, 0.5) is 0 Å². The number of hydrogen-bond acceptors (Lipinski definition) is 3. The van der Waals surface area contributed by atoms with Crippen LogP contribution in [0.2, 0.25) is 0 Å². The first-order chi connectivity index (χ1) is 7.56. The predicted octanol–water partition coefficient (Wildman–Crippen LogP) is 1.59. The van der Waals surface area contributed by atoms with E-state index < -0.39 is 5.97 Å². The zero-order valence-electron chi connectivity index (χ0n) is 9.81. The summed E-state index contributed by atoms with van der Waals surface area (Å²) in [6, 6.07) is -0.212. The molecular weight excluding hydrogens is 226 g/mol. The van der Waals surface area contributed by atoms with Gasteiger partial charge >= 0.3 is 5.97 Å². The highest BCUT2D eigenvalue weighted by molar-refractivity contribution is 8.00. The number of carboxylic acids is 1. The third kappa shape index (κ3) is 3.40. The van der Waals surface area contributed by atoms with E-state index in [1.165, 1.54) is 0 Å². The lowest BCUT2D eigenvalue weighted by Crippen LogP contribution is -2.43. The van der Waals surface area contributed by atoms with Crippen LogP contribution in [0.3, 0.4) is 0 Å². The first-order valence-corrected chi connectivity index (χ1v) is 6.75. The molecule has 1 aliphatic rings. The maximum absolute atomic E-state index is 12.1. The third-order valence-electron chi connectivity index (χ3n) is 2.83. The van der Waals surface area contributed by atoms with Gasteiger partial charge in [-0.3, -0.25) is 9.59 Å². The SMILES string of the molecule is CCN(C(=O)C1CCCS1)C(C)CC(=O)O. The number of thioether (sulfide) groups is 1. The van der Waals surface area contributed by atoms with Crippen molar-refractivity contribution in [1.82, 2.24) is 4.90 Å². The maximum Gasteiger partial charge on any atom is 0.305 e. The van der Waals surface area contributed by atoms with E-state index in [1.54, 1.807) is 23.6 Å². The topological polar surface area (TPSA) is 57.6 Å². The standard InChI is InChI=1S/C11H19NO3S/c1-3-12(8(2)7-10(13)14)11(15)9-5-4-6-16-9/h8-9H,3-7H2,1-2H3,(H,13,14).